The smallest absolute Gasteiger partial charge is 0.194 e. The minimum atomic E-state index is -5.56. The summed E-state index contributed by atoms with van der Waals surface area (Å²) in [6.45, 7) is 3.55. The van der Waals surface area contributed by atoms with E-state index in [0.717, 1.165) is 45.1 Å². The van der Waals surface area contributed by atoms with Crippen LogP contribution < -0.4 is 0 Å². The van der Waals surface area contributed by atoms with Crippen molar-refractivity contribution in [2.45, 2.75) is 52.2 Å². The fourth-order valence-corrected chi connectivity index (χ4v) is 10.5. The van der Waals surface area contributed by atoms with E-state index in [9.17, 15) is 0 Å². The molecule has 39 heavy (non-hydrogen) atoms. The Kier molecular flexibility index (Phi) is 4.24. The van der Waals surface area contributed by atoms with Crippen molar-refractivity contribution in [3.05, 3.63) is 105 Å². The first kappa shape index (κ1) is 24.0. The van der Waals surface area contributed by atoms with Gasteiger partial charge in [-0.3, -0.25) is 0 Å². The number of thioether (sulfide) groups is 2. The number of rotatable bonds is 0. The molecule has 1 fully saturated rings. The van der Waals surface area contributed by atoms with Crippen LogP contribution in [0.25, 0.3) is 21.5 Å². The van der Waals surface area contributed by atoms with Crippen molar-refractivity contribution in [3.63, 3.8) is 0 Å². The fraction of sp³-hybridized carbons (Fsp3) is 0.226. The lowest BCUT2D eigenvalue weighted by atomic mass is 9.54. The van der Waals surface area contributed by atoms with Gasteiger partial charge >= 0.3 is 17.8 Å². The molecule has 2 unspecified atom stereocenters. The number of hydrogen-bond acceptors (Lipinski definition) is 2. The monoisotopic (exact) mass is 568 g/mol. The molecular weight excluding hydrogens is 550 g/mol. The van der Waals surface area contributed by atoms with Crippen LogP contribution in [0.1, 0.15) is 25.0 Å². The van der Waals surface area contributed by atoms with Gasteiger partial charge in [-0.15, -0.1) is 0 Å². The summed E-state index contributed by atoms with van der Waals surface area (Å²) in [5.41, 5.74) is -3.62. The molecule has 0 saturated heterocycles. The van der Waals surface area contributed by atoms with Gasteiger partial charge in [0.25, 0.3) is 0 Å². The molecule has 4 aliphatic rings. The first-order valence-electron chi connectivity index (χ1n) is 12.4. The molecule has 2 aliphatic carbocycles. The van der Waals surface area contributed by atoms with Crippen LogP contribution in [0.2, 0.25) is 0 Å². The Labute approximate surface area is 228 Å². The molecule has 0 aromatic heterocycles. The average molecular weight is 569 g/mol. The molecule has 0 radical (unpaired) electrons. The number of halogens is 6. The van der Waals surface area contributed by atoms with Gasteiger partial charge in [-0.05, 0) is 58.7 Å². The Balaban J connectivity index is 1.61. The molecule has 2 aliphatic heterocycles. The summed E-state index contributed by atoms with van der Waals surface area (Å²) in [7, 11) is 0. The van der Waals surface area contributed by atoms with Crippen LogP contribution >= 0.6 is 23.5 Å². The zero-order valence-corrected chi connectivity index (χ0v) is 22.1. The van der Waals surface area contributed by atoms with Crippen LogP contribution in [-0.4, -0.2) is 17.8 Å². The van der Waals surface area contributed by atoms with Crippen molar-refractivity contribution in [2.75, 3.05) is 0 Å². The summed E-state index contributed by atoms with van der Waals surface area (Å²) < 4.78 is 93.2. The first-order valence-corrected chi connectivity index (χ1v) is 14.1. The molecule has 8 heteroatoms. The van der Waals surface area contributed by atoms with Gasteiger partial charge in [0.1, 0.15) is 0 Å². The molecule has 2 heterocycles. The molecule has 1 saturated carbocycles. The molecular formula is C31H18F6S2. The predicted octanol–water partition coefficient (Wildman–Crippen LogP) is 9.86. The van der Waals surface area contributed by atoms with E-state index in [4.69, 9.17) is 0 Å². The van der Waals surface area contributed by atoms with Crippen LogP contribution in [0.3, 0.4) is 0 Å². The predicted molar refractivity (Wildman–Crippen MR) is 143 cm³/mol. The maximum atomic E-state index is 15.7. The topological polar surface area (TPSA) is 0 Å². The molecule has 0 nitrogen and oxygen atoms in total. The Morgan fingerprint density at radius 3 is 1.31 bits per heavy atom. The molecule has 4 aromatic carbocycles. The summed E-state index contributed by atoms with van der Waals surface area (Å²) >= 11 is 1.86. The van der Waals surface area contributed by atoms with Gasteiger partial charge in [-0.1, -0.05) is 84.2 Å². The van der Waals surface area contributed by atoms with Crippen molar-refractivity contribution in [2.24, 2.45) is 0 Å². The van der Waals surface area contributed by atoms with Crippen LogP contribution in [0.4, 0.5) is 26.3 Å². The third-order valence-electron chi connectivity index (χ3n) is 9.23. The number of hydrogen-bond donors (Lipinski definition) is 0. The summed E-state index contributed by atoms with van der Waals surface area (Å²) in [4.78, 5) is 1.01. The minimum absolute atomic E-state index is 0.113. The van der Waals surface area contributed by atoms with Crippen LogP contribution in [0, 0.1) is 0 Å². The zero-order chi connectivity index (χ0) is 27.3. The SMILES string of the molecule is CC12C(=C3C(=C4Sc5ccc6ccccc6c5C41C)C(F)(F)C(F)(F)C3(F)F)Sc1ccc3ccccc3c12. The van der Waals surface area contributed by atoms with Gasteiger partial charge in [-0.25, -0.2) is 0 Å². The summed E-state index contributed by atoms with van der Waals surface area (Å²) in [5, 5.41) is 3.31. The van der Waals surface area contributed by atoms with Gasteiger partial charge in [0.05, 0.1) is 0 Å². The van der Waals surface area contributed by atoms with E-state index in [1.54, 1.807) is 26.0 Å². The summed E-state index contributed by atoms with van der Waals surface area (Å²) in [5.74, 6) is -15.6. The van der Waals surface area contributed by atoms with Gasteiger partial charge in [-0.2, -0.15) is 26.3 Å². The quantitative estimate of drug-likeness (QED) is 0.194. The maximum absolute atomic E-state index is 15.7. The summed E-state index contributed by atoms with van der Waals surface area (Å²) in [6.07, 6.45) is 0. The molecule has 4 aromatic rings. The van der Waals surface area contributed by atoms with E-state index < -0.39 is 39.7 Å². The highest BCUT2D eigenvalue weighted by Gasteiger charge is 2.85. The van der Waals surface area contributed by atoms with E-state index in [-0.39, 0.29) is 9.81 Å². The molecule has 0 spiro atoms. The Morgan fingerprint density at radius 2 is 0.897 bits per heavy atom. The lowest BCUT2D eigenvalue weighted by Crippen LogP contribution is -2.48. The second-order valence-electron chi connectivity index (χ2n) is 10.9. The molecule has 0 N–H and O–H groups in total. The third-order valence-corrected chi connectivity index (χ3v) is 12.0. The van der Waals surface area contributed by atoms with Gasteiger partial charge < -0.3 is 0 Å². The maximum Gasteiger partial charge on any atom is 0.380 e. The molecule has 2 atom stereocenters. The van der Waals surface area contributed by atoms with Gasteiger partial charge in [0, 0.05) is 41.6 Å². The van der Waals surface area contributed by atoms with Crippen LogP contribution in [-0.2, 0) is 10.8 Å². The lowest BCUT2D eigenvalue weighted by Gasteiger charge is -2.49. The second kappa shape index (κ2) is 6.89. The highest BCUT2D eigenvalue weighted by molar-refractivity contribution is 8.04. The second-order valence-corrected chi connectivity index (χ2v) is 13.0. The van der Waals surface area contributed by atoms with Crippen LogP contribution in [0.15, 0.2) is 104 Å². The average Bonchev–Trinajstić information content (AvgIpc) is 3.43. The van der Waals surface area contributed by atoms with E-state index >= 15 is 26.3 Å². The minimum Gasteiger partial charge on any atom is -0.194 e. The highest BCUT2D eigenvalue weighted by atomic mass is 32.2. The first-order chi connectivity index (χ1) is 18.4. The van der Waals surface area contributed by atoms with Crippen molar-refractivity contribution in [1.29, 1.82) is 0 Å². The molecule has 0 amide bonds. The number of benzene rings is 4. The summed E-state index contributed by atoms with van der Waals surface area (Å²) in [6, 6.07) is 22.3. The largest absolute Gasteiger partial charge is 0.380 e. The lowest BCUT2D eigenvalue weighted by molar-refractivity contribution is -0.258. The molecule has 8 rings (SSSR count). The van der Waals surface area contributed by atoms with E-state index in [1.165, 1.54) is 0 Å². The zero-order valence-electron chi connectivity index (χ0n) is 20.5. The van der Waals surface area contributed by atoms with E-state index in [2.05, 4.69) is 0 Å². The molecule has 196 valence electrons. The number of alkyl halides is 6. The van der Waals surface area contributed by atoms with Crippen molar-refractivity contribution < 1.29 is 26.3 Å². The fourth-order valence-electron chi connectivity index (χ4n) is 7.25. The number of allylic oxidation sites excluding steroid dienone is 4. The van der Waals surface area contributed by atoms with Gasteiger partial charge in [0.2, 0.25) is 0 Å². The van der Waals surface area contributed by atoms with Crippen molar-refractivity contribution in [1.82, 2.24) is 0 Å². The standard InChI is InChI=1S/C31H18F6S2/c1-27-21-17-9-5-3-7-15(17)11-13-19(21)38-25(27)23-24(30(34,35)31(36,37)29(23,32)33)26-28(27,2)22-18-10-6-4-8-16(18)12-14-20(22)39-26/h3-14H,1-2H3. The van der Waals surface area contributed by atoms with E-state index in [1.807, 2.05) is 60.7 Å². The van der Waals surface area contributed by atoms with Crippen molar-refractivity contribution >= 4 is 45.1 Å². The highest BCUT2D eigenvalue weighted by Crippen LogP contribution is 2.78. The van der Waals surface area contributed by atoms with E-state index in [0.29, 0.717) is 20.9 Å². The third kappa shape index (κ3) is 2.35. The number of fused-ring (bicyclic) bond motifs is 12. The molecule has 0 bridgehead atoms. The van der Waals surface area contributed by atoms with Crippen LogP contribution in [0.5, 0.6) is 0 Å². The Bertz CT molecular complexity index is 1750. The van der Waals surface area contributed by atoms with Crippen molar-refractivity contribution in [3.8, 4) is 0 Å². The normalized spacial score (nSPS) is 28.9. The Morgan fingerprint density at radius 1 is 0.513 bits per heavy atom. The Hall–Kier alpha value is -2.84. The van der Waals surface area contributed by atoms with Gasteiger partial charge in [0.15, 0.2) is 0 Å².